The Morgan fingerprint density at radius 1 is 1.28 bits per heavy atom. The van der Waals surface area contributed by atoms with Gasteiger partial charge in [0.15, 0.2) is 0 Å². The summed E-state index contributed by atoms with van der Waals surface area (Å²) in [6.45, 7) is 1.01. The molecule has 0 bridgehead atoms. The standard InChI is InChI=1S/C13H14ClF2NO/c14-8-12(18)17-6-4-9(5-7-17)13-10(15)2-1-3-11(13)16/h1-3,9H,4-8H2. The Bertz CT molecular complexity index is 424. The molecule has 1 amide bonds. The predicted octanol–water partition coefficient (Wildman–Crippen LogP) is 2.91. The summed E-state index contributed by atoms with van der Waals surface area (Å²) in [4.78, 5) is 13.0. The summed E-state index contributed by atoms with van der Waals surface area (Å²) < 4.78 is 27.2. The van der Waals surface area contributed by atoms with Crippen LogP contribution in [0.5, 0.6) is 0 Å². The third kappa shape index (κ3) is 2.64. The van der Waals surface area contributed by atoms with Gasteiger partial charge in [0.2, 0.25) is 5.91 Å². The molecule has 2 nitrogen and oxygen atoms in total. The van der Waals surface area contributed by atoms with Crippen molar-refractivity contribution >= 4 is 17.5 Å². The molecule has 0 spiro atoms. The van der Waals surface area contributed by atoms with Crippen molar-refractivity contribution in [2.75, 3.05) is 19.0 Å². The van der Waals surface area contributed by atoms with Crippen LogP contribution in [0.25, 0.3) is 0 Å². The van der Waals surface area contributed by atoms with Gasteiger partial charge in [-0.1, -0.05) is 6.07 Å². The highest BCUT2D eigenvalue weighted by atomic mass is 35.5. The number of hydrogen-bond donors (Lipinski definition) is 0. The van der Waals surface area contributed by atoms with Gasteiger partial charge in [0.25, 0.3) is 0 Å². The fourth-order valence-electron chi connectivity index (χ4n) is 2.40. The van der Waals surface area contributed by atoms with Crippen molar-refractivity contribution in [2.24, 2.45) is 0 Å². The highest BCUT2D eigenvalue weighted by molar-refractivity contribution is 6.27. The fraction of sp³-hybridized carbons (Fsp3) is 0.462. The highest BCUT2D eigenvalue weighted by Crippen LogP contribution is 2.31. The number of carbonyl (C=O) groups is 1. The molecule has 0 radical (unpaired) electrons. The number of likely N-dealkylation sites (tertiary alicyclic amines) is 1. The second-order valence-corrected chi connectivity index (χ2v) is 4.69. The largest absolute Gasteiger partial charge is 0.342 e. The molecule has 1 fully saturated rings. The van der Waals surface area contributed by atoms with E-state index in [0.717, 1.165) is 0 Å². The number of piperidine rings is 1. The molecule has 1 aromatic rings. The van der Waals surface area contributed by atoms with E-state index >= 15 is 0 Å². The number of halogens is 3. The SMILES string of the molecule is O=C(CCl)N1CCC(c2c(F)cccc2F)CC1. The first-order chi connectivity index (χ1) is 8.63. The summed E-state index contributed by atoms with van der Waals surface area (Å²) in [5.74, 6) is -1.33. The molecule has 1 aliphatic rings. The van der Waals surface area contributed by atoms with Crippen LogP contribution in [-0.2, 0) is 4.79 Å². The number of hydrogen-bond acceptors (Lipinski definition) is 1. The first-order valence-electron chi connectivity index (χ1n) is 5.91. The lowest BCUT2D eigenvalue weighted by Gasteiger charge is -2.32. The smallest absolute Gasteiger partial charge is 0.237 e. The quantitative estimate of drug-likeness (QED) is 0.759. The second kappa shape index (κ2) is 5.65. The van der Waals surface area contributed by atoms with Crippen molar-refractivity contribution in [1.29, 1.82) is 0 Å². The average molecular weight is 274 g/mol. The van der Waals surface area contributed by atoms with Crippen LogP contribution in [0.4, 0.5) is 8.78 Å². The normalized spacial score (nSPS) is 16.9. The molecule has 18 heavy (non-hydrogen) atoms. The van der Waals surface area contributed by atoms with Crippen molar-refractivity contribution in [1.82, 2.24) is 4.90 Å². The molecule has 98 valence electrons. The summed E-state index contributed by atoms with van der Waals surface area (Å²) in [6, 6.07) is 3.91. The van der Waals surface area contributed by atoms with Crippen LogP contribution in [0.15, 0.2) is 18.2 Å². The fourth-order valence-corrected chi connectivity index (χ4v) is 2.57. The van der Waals surface area contributed by atoms with E-state index < -0.39 is 11.6 Å². The Labute approximate surface area is 110 Å². The molecular formula is C13H14ClF2NO. The van der Waals surface area contributed by atoms with E-state index in [1.165, 1.54) is 18.2 Å². The third-order valence-corrected chi connectivity index (χ3v) is 3.60. The van der Waals surface area contributed by atoms with Gasteiger partial charge in [0.1, 0.15) is 17.5 Å². The van der Waals surface area contributed by atoms with Crippen LogP contribution in [0.1, 0.15) is 24.3 Å². The lowest BCUT2D eigenvalue weighted by atomic mass is 9.88. The molecule has 1 saturated heterocycles. The zero-order chi connectivity index (χ0) is 13.1. The Morgan fingerprint density at radius 2 is 1.83 bits per heavy atom. The first kappa shape index (κ1) is 13.3. The van der Waals surface area contributed by atoms with Crippen LogP contribution < -0.4 is 0 Å². The maximum Gasteiger partial charge on any atom is 0.237 e. The van der Waals surface area contributed by atoms with Crippen LogP contribution in [0.3, 0.4) is 0 Å². The van der Waals surface area contributed by atoms with Crippen molar-refractivity contribution in [3.8, 4) is 0 Å². The molecule has 5 heteroatoms. The molecule has 0 aliphatic carbocycles. The van der Waals surface area contributed by atoms with Crippen LogP contribution in [0, 0.1) is 11.6 Å². The zero-order valence-electron chi connectivity index (χ0n) is 9.83. The van der Waals surface area contributed by atoms with Crippen molar-refractivity contribution in [3.63, 3.8) is 0 Å². The van der Waals surface area contributed by atoms with Gasteiger partial charge < -0.3 is 4.90 Å². The minimum atomic E-state index is -0.503. The van der Waals surface area contributed by atoms with Gasteiger partial charge in [0.05, 0.1) is 0 Å². The maximum absolute atomic E-state index is 13.6. The van der Waals surface area contributed by atoms with E-state index in [4.69, 9.17) is 11.6 Å². The van der Waals surface area contributed by atoms with E-state index in [9.17, 15) is 13.6 Å². The van der Waals surface area contributed by atoms with E-state index in [1.807, 2.05) is 0 Å². The molecule has 0 unspecified atom stereocenters. The Hall–Kier alpha value is -1.16. The lowest BCUT2D eigenvalue weighted by molar-refractivity contribution is -0.129. The predicted molar refractivity (Wildman–Crippen MR) is 65.6 cm³/mol. The summed E-state index contributed by atoms with van der Waals surface area (Å²) in [7, 11) is 0. The number of alkyl halides is 1. The van der Waals surface area contributed by atoms with Gasteiger partial charge >= 0.3 is 0 Å². The van der Waals surface area contributed by atoms with Crippen molar-refractivity contribution < 1.29 is 13.6 Å². The van der Waals surface area contributed by atoms with Crippen molar-refractivity contribution in [3.05, 3.63) is 35.4 Å². The Balaban J connectivity index is 2.08. The molecule has 0 aromatic heterocycles. The van der Waals surface area contributed by atoms with Crippen LogP contribution in [0.2, 0.25) is 0 Å². The number of amides is 1. The van der Waals surface area contributed by atoms with E-state index in [0.29, 0.717) is 25.9 Å². The van der Waals surface area contributed by atoms with Gasteiger partial charge in [-0.25, -0.2) is 8.78 Å². The summed E-state index contributed by atoms with van der Waals surface area (Å²) in [6.07, 6.45) is 1.14. The number of rotatable bonds is 2. The molecular weight excluding hydrogens is 260 g/mol. The molecule has 0 N–H and O–H groups in total. The number of benzene rings is 1. The monoisotopic (exact) mass is 273 g/mol. The minimum absolute atomic E-state index is 0.0429. The molecule has 0 atom stereocenters. The first-order valence-corrected chi connectivity index (χ1v) is 6.44. The second-order valence-electron chi connectivity index (χ2n) is 4.42. The zero-order valence-corrected chi connectivity index (χ0v) is 10.6. The highest BCUT2D eigenvalue weighted by Gasteiger charge is 2.26. The van der Waals surface area contributed by atoms with E-state index in [1.54, 1.807) is 4.90 Å². The van der Waals surface area contributed by atoms with Gasteiger partial charge in [0, 0.05) is 18.7 Å². The molecule has 1 aromatic carbocycles. The van der Waals surface area contributed by atoms with E-state index in [2.05, 4.69) is 0 Å². The summed E-state index contributed by atoms with van der Waals surface area (Å²) >= 11 is 5.48. The van der Waals surface area contributed by atoms with Gasteiger partial charge in [-0.2, -0.15) is 0 Å². The van der Waals surface area contributed by atoms with Gasteiger partial charge in [-0.05, 0) is 30.9 Å². The van der Waals surface area contributed by atoms with Crippen molar-refractivity contribution in [2.45, 2.75) is 18.8 Å². The summed E-state index contributed by atoms with van der Waals surface area (Å²) in [5, 5.41) is 0. The van der Waals surface area contributed by atoms with Crippen LogP contribution in [-0.4, -0.2) is 29.8 Å². The number of nitrogens with zero attached hydrogens (tertiary/aromatic N) is 1. The Morgan fingerprint density at radius 3 is 2.33 bits per heavy atom. The molecule has 1 aliphatic heterocycles. The third-order valence-electron chi connectivity index (χ3n) is 3.37. The van der Waals surface area contributed by atoms with Crippen LogP contribution >= 0.6 is 11.6 Å². The minimum Gasteiger partial charge on any atom is -0.342 e. The molecule has 1 heterocycles. The lowest BCUT2D eigenvalue weighted by Crippen LogP contribution is -2.38. The van der Waals surface area contributed by atoms with Gasteiger partial charge in [-0.3, -0.25) is 4.79 Å². The van der Waals surface area contributed by atoms with Gasteiger partial charge in [-0.15, -0.1) is 11.6 Å². The number of carbonyl (C=O) groups excluding carboxylic acids is 1. The maximum atomic E-state index is 13.6. The Kier molecular flexibility index (Phi) is 4.17. The topological polar surface area (TPSA) is 20.3 Å². The van der Waals surface area contributed by atoms with E-state index in [-0.39, 0.29) is 23.3 Å². The summed E-state index contributed by atoms with van der Waals surface area (Å²) in [5.41, 5.74) is 0.149. The average Bonchev–Trinajstić information content (AvgIpc) is 2.38. The molecule has 0 saturated carbocycles. The molecule has 2 rings (SSSR count).